The van der Waals surface area contributed by atoms with Gasteiger partial charge in [0.15, 0.2) is 10.6 Å². The Bertz CT molecular complexity index is 1200. The van der Waals surface area contributed by atoms with E-state index in [1.54, 1.807) is 18.2 Å². The van der Waals surface area contributed by atoms with Gasteiger partial charge in [0.05, 0.1) is 28.9 Å². The molecular weight excluding hydrogens is 544 g/mol. The van der Waals surface area contributed by atoms with Crippen molar-refractivity contribution in [2.45, 2.75) is 35.7 Å². The maximum atomic E-state index is 14.3. The molecule has 13 heteroatoms. The molecule has 2 aromatic rings. The van der Waals surface area contributed by atoms with Gasteiger partial charge < -0.3 is 4.74 Å². The average molecular weight is 559 g/mol. The zero-order chi connectivity index (χ0) is 25.4. The van der Waals surface area contributed by atoms with Crippen LogP contribution in [0, 0.1) is 5.82 Å². The Labute approximate surface area is 209 Å². The molecule has 1 atom stereocenters. The number of hydrogen-bond acceptors (Lipinski definition) is 4. The molecule has 0 bridgehead atoms. The summed E-state index contributed by atoms with van der Waals surface area (Å²) in [4.78, 5) is 1.23. The van der Waals surface area contributed by atoms with Crippen LogP contribution in [0.3, 0.4) is 0 Å². The predicted molar refractivity (Wildman–Crippen MR) is 118 cm³/mol. The topological polar surface area (TPSA) is 24.8 Å². The zero-order valence-corrected chi connectivity index (χ0v) is 19.9. The fraction of sp³-hybridized carbons (Fsp3) is 0.409. The number of rotatable bonds is 3. The summed E-state index contributed by atoms with van der Waals surface area (Å²) in [5, 5.41) is -1.05. The van der Waals surface area contributed by atoms with Crippen LogP contribution in [0.25, 0.3) is 0 Å². The highest BCUT2D eigenvalue weighted by atomic mass is 35.5. The lowest BCUT2D eigenvalue weighted by Gasteiger charge is -2.47. The van der Waals surface area contributed by atoms with Gasteiger partial charge in [-0.1, -0.05) is 35.3 Å². The molecule has 1 saturated heterocycles. The minimum absolute atomic E-state index is 0.0823. The fourth-order valence-corrected chi connectivity index (χ4v) is 6.23. The van der Waals surface area contributed by atoms with Crippen LogP contribution >= 0.6 is 35.1 Å². The lowest BCUT2D eigenvalue weighted by atomic mass is 9.83. The summed E-state index contributed by atoms with van der Waals surface area (Å²) in [5.41, 5.74) is 0.869. The van der Waals surface area contributed by atoms with E-state index < -0.39 is 51.5 Å². The van der Waals surface area contributed by atoms with Crippen molar-refractivity contribution < 1.29 is 35.5 Å². The van der Waals surface area contributed by atoms with E-state index in [9.17, 15) is 30.7 Å². The normalized spacial score (nSPS) is 24.0. The monoisotopic (exact) mass is 558 g/mol. The number of benzene rings is 2. The third-order valence-electron chi connectivity index (χ3n) is 6.43. The largest absolute Gasteiger partial charge is 0.409 e. The third-order valence-corrected chi connectivity index (χ3v) is 8.22. The molecule has 3 aliphatic rings. The minimum Gasteiger partial charge on any atom is -0.363 e. The second-order valence-corrected chi connectivity index (χ2v) is 10.7. The summed E-state index contributed by atoms with van der Waals surface area (Å²) in [7, 11) is 0. The average Bonchev–Trinajstić information content (AvgIpc) is 3.33. The van der Waals surface area contributed by atoms with E-state index in [0.717, 1.165) is 17.7 Å². The van der Waals surface area contributed by atoms with Crippen LogP contribution in [0.2, 0.25) is 10.0 Å². The summed E-state index contributed by atoms with van der Waals surface area (Å²) in [6, 6.07) is 6.75. The van der Waals surface area contributed by atoms with Crippen LogP contribution in [-0.4, -0.2) is 42.6 Å². The molecule has 0 aromatic heterocycles. The summed E-state index contributed by atoms with van der Waals surface area (Å²) in [5.74, 6) is -1.00. The molecule has 5 rings (SSSR count). The Morgan fingerprint density at radius 3 is 2.29 bits per heavy atom. The smallest absolute Gasteiger partial charge is 0.363 e. The minimum atomic E-state index is -4.76. The molecule has 3 aliphatic heterocycles. The molecule has 2 aromatic carbocycles. The van der Waals surface area contributed by atoms with E-state index in [-0.39, 0.29) is 31.0 Å². The molecule has 1 spiro atoms. The quantitative estimate of drug-likeness (QED) is 0.229. The summed E-state index contributed by atoms with van der Waals surface area (Å²) in [6.45, 7) is -0.731. The van der Waals surface area contributed by atoms with Gasteiger partial charge in [-0.05, 0) is 52.4 Å². The van der Waals surface area contributed by atoms with Gasteiger partial charge in [0.1, 0.15) is 5.60 Å². The summed E-state index contributed by atoms with van der Waals surface area (Å²) >= 11 is 11.8. The molecule has 0 amide bonds. The van der Waals surface area contributed by atoms with E-state index >= 15 is 0 Å². The highest BCUT2D eigenvalue weighted by Crippen LogP contribution is 2.57. The van der Waals surface area contributed by atoms with Gasteiger partial charge in [0.2, 0.25) is 0 Å². The molecule has 1 fully saturated rings. The lowest BCUT2D eigenvalue weighted by molar-refractivity contribution is -0.199. The maximum Gasteiger partial charge on any atom is 0.409 e. The first-order valence-corrected chi connectivity index (χ1v) is 11.8. The van der Waals surface area contributed by atoms with E-state index in [0.29, 0.717) is 23.1 Å². The Morgan fingerprint density at radius 2 is 1.69 bits per heavy atom. The van der Waals surface area contributed by atoms with Crippen molar-refractivity contribution in [1.29, 1.82) is 0 Å². The van der Waals surface area contributed by atoms with Gasteiger partial charge in [0, 0.05) is 19.5 Å². The Kier molecular flexibility index (Phi) is 5.92. The van der Waals surface area contributed by atoms with Crippen molar-refractivity contribution in [3.63, 3.8) is 0 Å². The van der Waals surface area contributed by atoms with Crippen LogP contribution in [0.5, 0.6) is 0 Å². The summed E-state index contributed by atoms with van der Waals surface area (Å²) in [6.07, 6.45) is -9.61. The fourth-order valence-electron chi connectivity index (χ4n) is 4.78. The van der Waals surface area contributed by atoms with Crippen LogP contribution < -0.4 is 0 Å². The van der Waals surface area contributed by atoms with Crippen LogP contribution in [-0.2, 0) is 21.7 Å². The van der Waals surface area contributed by atoms with Crippen LogP contribution in [0.15, 0.2) is 34.7 Å². The highest BCUT2D eigenvalue weighted by molar-refractivity contribution is 7.99. The number of likely N-dealkylation sites (tertiary alicyclic amines) is 1. The highest BCUT2D eigenvalue weighted by Gasteiger charge is 2.60. The zero-order valence-electron chi connectivity index (χ0n) is 17.5. The molecule has 35 heavy (non-hydrogen) atoms. The van der Waals surface area contributed by atoms with Crippen LogP contribution in [0.4, 0.5) is 30.7 Å². The molecule has 0 N–H and O–H groups in total. The van der Waals surface area contributed by atoms with Crippen molar-refractivity contribution in [2.75, 3.05) is 19.6 Å². The van der Waals surface area contributed by atoms with Gasteiger partial charge in [-0.15, -0.1) is 0 Å². The van der Waals surface area contributed by atoms with E-state index in [4.69, 9.17) is 27.9 Å². The second-order valence-electron chi connectivity index (χ2n) is 8.80. The van der Waals surface area contributed by atoms with Crippen molar-refractivity contribution in [3.05, 3.63) is 68.4 Å². The van der Waals surface area contributed by atoms with Gasteiger partial charge >= 0.3 is 12.4 Å². The number of halogens is 9. The number of nitrogens with zero attached hydrogens (tertiary/aromatic N) is 2. The Hall–Kier alpha value is -1.53. The first-order chi connectivity index (χ1) is 16.2. The molecular formula is C22H15Cl2F7N2OS. The van der Waals surface area contributed by atoms with Crippen molar-refractivity contribution in [2.24, 2.45) is 4.40 Å². The number of fused-ring (bicyclic) bond motifs is 2. The van der Waals surface area contributed by atoms with Gasteiger partial charge in [0.25, 0.3) is 0 Å². The van der Waals surface area contributed by atoms with Gasteiger partial charge in [-0.25, -0.2) is 8.79 Å². The van der Waals surface area contributed by atoms with E-state index in [2.05, 4.69) is 4.40 Å². The van der Waals surface area contributed by atoms with Gasteiger partial charge in [-0.2, -0.15) is 26.3 Å². The molecule has 3 nitrogen and oxygen atoms in total. The standard InChI is InChI=1S/C22H15Cl2F7N2OS/c23-15-4-13(5-16(24)18(15)25)20(22(29,30)31)6-17(32-35-20)11-1-2-14-12(3-11)7-34-19(14)8-33(9-19)10-21(26,27)28/h1-5H,6-10H2. The van der Waals surface area contributed by atoms with E-state index in [1.807, 2.05) is 0 Å². The molecule has 188 valence electrons. The van der Waals surface area contributed by atoms with Crippen molar-refractivity contribution >= 4 is 40.9 Å². The third kappa shape index (κ3) is 4.22. The number of hydrogen-bond donors (Lipinski definition) is 0. The predicted octanol–water partition coefficient (Wildman–Crippen LogP) is 7.03. The van der Waals surface area contributed by atoms with Crippen molar-refractivity contribution in [3.8, 4) is 0 Å². The van der Waals surface area contributed by atoms with E-state index in [1.165, 1.54) is 4.90 Å². The molecule has 0 saturated carbocycles. The maximum absolute atomic E-state index is 14.3. The molecule has 0 radical (unpaired) electrons. The number of ether oxygens (including phenoxy) is 1. The summed E-state index contributed by atoms with van der Waals surface area (Å²) < 4.78 is 102. The molecule has 3 heterocycles. The lowest BCUT2D eigenvalue weighted by Crippen LogP contribution is -2.61. The first kappa shape index (κ1) is 25.1. The molecule has 1 unspecified atom stereocenters. The van der Waals surface area contributed by atoms with Gasteiger partial charge in [-0.3, -0.25) is 4.90 Å². The van der Waals surface area contributed by atoms with Crippen LogP contribution in [0.1, 0.15) is 28.7 Å². The Morgan fingerprint density at radius 1 is 1.03 bits per heavy atom. The first-order valence-electron chi connectivity index (χ1n) is 10.3. The molecule has 0 aliphatic carbocycles. The number of alkyl halides is 6. The SMILES string of the molecule is Fc1c(Cl)cc(C2(C(F)(F)F)CC(c3ccc4c(c3)COC43CN(CC(F)(F)F)C3)=NS2)cc1Cl. The Balaban J connectivity index is 1.40. The second kappa shape index (κ2) is 8.24. The van der Waals surface area contributed by atoms with Crippen molar-refractivity contribution in [1.82, 2.24) is 4.90 Å².